The topological polar surface area (TPSA) is 70.8 Å². The lowest BCUT2D eigenvalue weighted by Gasteiger charge is -2.14. The Morgan fingerprint density at radius 2 is 2.30 bits per heavy atom. The lowest BCUT2D eigenvalue weighted by molar-refractivity contribution is -0.131. The van der Waals surface area contributed by atoms with Crippen molar-refractivity contribution in [2.45, 2.75) is 6.54 Å². The van der Waals surface area contributed by atoms with Gasteiger partial charge in [-0.3, -0.25) is 4.79 Å². The van der Waals surface area contributed by atoms with Gasteiger partial charge in [0.25, 0.3) is 5.91 Å². The summed E-state index contributed by atoms with van der Waals surface area (Å²) in [4.78, 5) is 24.9. The molecular weight excluding hydrogens is 278 g/mol. The normalized spacial score (nSPS) is 10.8. The van der Waals surface area contributed by atoms with Gasteiger partial charge in [0.05, 0.1) is 12.8 Å². The van der Waals surface area contributed by atoms with Crippen LogP contribution in [0.15, 0.2) is 40.3 Å². The van der Waals surface area contributed by atoms with Gasteiger partial charge in [0, 0.05) is 18.0 Å². The number of thiophene rings is 1. The van der Waals surface area contributed by atoms with Crippen molar-refractivity contribution in [1.82, 2.24) is 4.90 Å². The number of carbonyl (C=O) groups excluding carboxylic acids is 1. The molecule has 0 aliphatic heterocycles. The summed E-state index contributed by atoms with van der Waals surface area (Å²) in [6, 6.07) is 5.14. The van der Waals surface area contributed by atoms with E-state index in [1.807, 2.05) is 11.4 Å². The van der Waals surface area contributed by atoms with Gasteiger partial charge in [0.1, 0.15) is 0 Å². The predicted molar refractivity (Wildman–Crippen MR) is 75.5 cm³/mol. The van der Waals surface area contributed by atoms with Crippen molar-refractivity contribution >= 4 is 29.3 Å². The summed E-state index contributed by atoms with van der Waals surface area (Å²) in [6.45, 7) is 0.450. The third-order valence-electron chi connectivity index (χ3n) is 2.56. The number of nitrogens with zero attached hydrogens (tertiary/aromatic N) is 1. The Hall–Kier alpha value is -2.34. The van der Waals surface area contributed by atoms with Gasteiger partial charge in [0.15, 0.2) is 5.76 Å². The van der Waals surface area contributed by atoms with Gasteiger partial charge in [-0.25, -0.2) is 4.79 Å². The van der Waals surface area contributed by atoms with Crippen molar-refractivity contribution in [3.8, 4) is 0 Å². The van der Waals surface area contributed by atoms with Crippen molar-refractivity contribution in [3.63, 3.8) is 0 Å². The molecule has 0 bridgehead atoms. The number of carbonyl (C=O) groups is 2. The Morgan fingerprint density at radius 1 is 1.50 bits per heavy atom. The average molecular weight is 291 g/mol. The molecule has 0 atom stereocenters. The molecule has 0 spiro atoms. The van der Waals surface area contributed by atoms with Crippen molar-refractivity contribution < 1.29 is 19.1 Å². The minimum absolute atomic E-state index is 0.189. The molecule has 1 amide bonds. The van der Waals surface area contributed by atoms with E-state index in [1.165, 1.54) is 23.7 Å². The molecule has 2 aromatic rings. The minimum atomic E-state index is -0.983. The summed E-state index contributed by atoms with van der Waals surface area (Å²) in [6.07, 6.45) is 4.07. The van der Waals surface area contributed by atoms with Gasteiger partial charge in [-0.15, -0.1) is 11.3 Å². The van der Waals surface area contributed by atoms with Crippen LogP contribution in [0.4, 0.5) is 0 Å². The zero-order valence-electron chi connectivity index (χ0n) is 10.8. The highest BCUT2D eigenvalue weighted by Gasteiger charge is 2.15. The summed E-state index contributed by atoms with van der Waals surface area (Å²) in [5.74, 6) is -0.871. The van der Waals surface area contributed by atoms with E-state index in [1.54, 1.807) is 24.1 Å². The number of aliphatic carboxylic acids is 1. The van der Waals surface area contributed by atoms with Crippen LogP contribution in [0.25, 0.3) is 6.08 Å². The van der Waals surface area contributed by atoms with Crippen molar-refractivity contribution in [3.05, 3.63) is 52.1 Å². The molecular formula is C14H13NO4S. The quantitative estimate of drug-likeness (QED) is 0.860. The first-order valence-corrected chi connectivity index (χ1v) is 6.71. The standard InChI is InChI=1S/C14H13NO4S/c1-15(14(18)12-3-2-6-19-12)8-11-7-10(9-20-11)4-5-13(16)17/h2-7,9H,8H2,1H3,(H,16,17). The molecule has 1 N–H and O–H groups in total. The smallest absolute Gasteiger partial charge is 0.328 e. The number of hydrogen-bond donors (Lipinski definition) is 1. The molecule has 0 saturated carbocycles. The largest absolute Gasteiger partial charge is 0.478 e. The van der Waals surface area contributed by atoms with E-state index in [4.69, 9.17) is 9.52 Å². The van der Waals surface area contributed by atoms with Gasteiger partial charge < -0.3 is 14.4 Å². The second-order valence-electron chi connectivity index (χ2n) is 4.16. The number of furan rings is 1. The number of carboxylic acids is 1. The van der Waals surface area contributed by atoms with Crippen LogP contribution in [0.2, 0.25) is 0 Å². The molecule has 0 aromatic carbocycles. The Kier molecular flexibility index (Phi) is 4.37. The second-order valence-corrected chi connectivity index (χ2v) is 5.15. The summed E-state index contributed by atoms with van der Waals surface area (Å²) in [7, 11) is 1.69. The van der Waals surface area contributed by atoms with Crippen LogP contribution in [0.5, 0.6) is 0 Å². The monoisotopic (exact) mass is 291 g/mol. The maximum atomic E-state index is 12.0. The summed E-state index contributed by atoms with van der Waals surface area (Å²) >= 11 is 1.48. The van der Waals surface area contributed by atoms with Gasteiger partial charge in [-0.05, 0) is 35.2 Å². The SMILES string of the molecule is CN(Cc1cc(C=CC(=O)O)cs1)C(=O)c1ccco1. The van der Waals surface area contributed by atoms with Crippen LogP contribution in [-0.2, 0) is 11.3 Å². The van der Waals surface area contributed by atoms with E-state index in [-0.39, 0.29) is 5.91 Å². The molecule has 2 heterocycles. The molecule has 0 aliphatic carbocycles. The summed E-state index contributed by atoms with van der Waals surface area (Å²) < 4.78 is 5.06. The van der Waals surface area contributed by atoms with Crippen molar-refractivity contribution in [2.24, 2.45) is 0 Å². The van der Waals surface area contributed by atoms with Crippen LogP contribution in [0.3, 0.4) is 0 Å². The maximum absolute atomic E-state index is 12.0. The van der Waals surface area contributed by atoms with E-state index in [2.05, 4.69) is 0 Å². The van der Waals surface area contributed by atoms with Crippen LogP contribution in [-0.4, -0.2) is 28.9 Å². The van der Waals surface area contributed by atoms with E-state index in [9.17, 15) is 9.59 Å². The lowest BCUT2D eigenvalue weighted by Crippen LogP contribution is -2.25. The van der Waals surface area contributed by atoms with Crippen LogP contribution >= 0.6 is 11.3 Å². The van der Waals surface area contributed by atoms with Gasteiger partial charge in [-0.1, -0.05) is 0 Å². The van der Waals surface area contributed by atoms with E-state index >= 15 is 0 Å². The number of rotatable bonds is 5. The Balaban J connectivity index is 2.00. The fraction of sp³-hybridized carbons (Fsp3) is 0.143. The Morgan fingerprint density at radius 3 is 2.95 bits per heavy atom. The molecule has 0 saturated heterocycles. The second kappa shape index (κ2) is 6.21. The third kappa shape index (κ3) is 3.58. The highest BCUT2D eigenvalue weighted by atomic mass is 32.1. The molecule has 2 rings (SSSR count). The van der Waals surface area contributed by atoms with Crippen LogP contribution < -0.4 is 0 Å². The van der Waals surface area contributed by atoms with Gasteiger partial charge >= 0.3 is 5.97 Å². The molecule has 6 heteroatoms. The zero-order valence-corrected chi connectivity index (χ0v) is 11.6. The molecule has 0 fully saturated rings. The fourth-order valence-electron chi connectivity index (χ4n) is 1.63. The highest BCUT2D eigenvalue weighted by Crippen LogP contribution is 2.18. The van der Waals surface area contributed by atoms with Crippen molar-refractivity contribution in [2.75, 3.05) is 7.05 Å². The average Bonchev–Trinajstić information content (AvgIpc) is 3.06. The molecule has 0 radical (unpaired) electrons. The minimum Gasteiger partial charge on any atom is -0.478 e. The Labute approximate surface area is 119 Å². The molecule has 104 valence electrons. The molecule has 2 aromatic heterocycles. The first-order chi connectivity index (χ1) is 9.56. The molecule has 0 unspecified atom stereocenters. The van der Waals surface area contributed by atoms with E-state index in [0.29, 0.717) is 12.3 Å². The molecule has 0 aliphatic rings. The van der Waals surface area contributed by atoms with Crippen LogP contribution in [0.1, 0.15) is 21.0 Å². The summed E-state index contributed by atoms with van der Waals surface area (Å²) in [5, 5.41) is 10.4. The third-order valence-corrected chi connectivity index (χ3v) is 3.50. The number of amides is 1. The van der Waals surface area contributed by atoms with E-state index < -0.39 is 5.97 Å². The number of hydrogen-bond acceptors (Lipinski definition) is 4. The predicted octanol–water partition coefficient (Wildman–Crippen LogP) is 2.71. The van der Waals surface area contributed by atoms with Gasteiger partial charge in [-0.2, -0.15) is 0 Å². The zero-order chi connectivity index (χ0) is 14.5. The first-order valence-electron chi connectivity index (χ1n) is 5.83. The lowest BCUT2D eigenvalue weighted by atomic mass is 10.2. The number of carboxylic acid groups (broad SMARTS) is 1. The van der Waals surface area contributed by atoms with Gasteiger partial charge in [0.2, 0.25) is 0 Å². The Bertz CT molecular complexity index is 627. The molecule has 20 heavy (non-hydrogen) atoms. The van der Waals surface area contributed by atoms with E-state index in [0.717, 1.165) is 16.5 Å². The van der Waals surface area contributed by atoms with Crippen LogP contribution in [0, 0.1) is 0 Å². The molecule has 5 nitrogen and oxygen atoms in total. The summed E-state index contributed by atoms with van der Waals surface area (Å²) in [5.41, 5.74) is 0.811. The first kappa shape index (κ1) is 14.1. The maximum Gasteiger partial charge on any atom is 0.328 e. The highest BCUT2D eigenvalue weighted by molar-refractivity contribution is 7.10. The van der Waals surface area contributed by atoms with Crippen molar-refractivity contribution in [1.29, 1.82) is 0 Å². The fourth-order valence-corrected chi connectivity index (χ4v) is 2.54.